The van der Waals surface area contributed by atoms with Crippen LogP contribution in [0.4, 0.5) is 0 Å². The number of hydrogen-bond donors (Lipinski definition) is 1. The average Bonchev–Trinajstić information content (AvgIpc) is 2.85. The predicted molar refractivity (Wildman–Crippen MR) is 93.2 cm³/mol. The van der Waals surface area contributed by atoms with Crippen molar-refractivity contribution in [3.63, 3.8) is 0 Å². The van der Waals surface area contributed by atoms with Crippen LogP contribution in [-0.4, -0.2) is 33.6 Å². The van der Waals surface area contributed by atoms with Crippen molar-refractivity contribution in [3.8, 4) is 0 Å². The van der Waals surface area contributed by atoms with E-state index in [9.17, 15) is 0 Å². The zero-order chi connectivity index (χ0) is 16.7. The Morgan fingerprint density at radius 1 is 1.00 bits per heavy atom. The second-order valence-corrected chi connectivity index (χ2v) is 8.22. The van der Waals surface area contributed by atoms with Crippen LogP contribution in [0, 0.1) is 0 Å². The van der Waals surface area contributed by atoms with Crippen LogP contribution in [0.3, 0.4) is 0 Å². The van der Waals surface area contributed by atoms with Crippen LogP contribution in [0.1, 0.15) is 33.0 Å². The molecule has 0 unspecified atom stereocenters. The van der Waals surface area contributed by atoms with E-state index in [1.54, 1.807) is 0 Å². The van der Waals surface area contributed by atoms with Crippen LogP contribution in [0.25, 0.3) is 11.0 Å². The van der Waals surface area contributed by atoms with Crippen LogP contribution in [-0.2, 0) is 26.7 Å². The molecular formula is C17H29IN2O3Si. The number of halogens is 1. The van der Waals surface area contributed by atoms with E-state index in [0.717, 1.165) is 18.9 Å². The predicted octanol–water partition coefficient (Wildman–Crippen LogP) is -0.0226. The van der Waals surface area contributed by atoms with E-state index in [-0.39, 0.29) is 24.0 Å². The molecule has 0 aliphatic carbocycles. The van der Waals surface area contributed by atoms with Gasteiger partial charge in [-0.1, -0.05) is 12.1 Å². The second-order valence-electron chi connectivity index (χ2n) is 5.48. The lowest BCUT2D eigenvalue weighted by atomic mass is 10.3. The van der Waals surface area contributed by atoms with E-state index in [0.29, 0.717) is 19.8 Å². The lowest BCUT2D eigenvalue weighted by molar-refractivity contribution is -0.652. The summed E-state index contributed by atoms with van der Waals surface area (Å²) in [5.41, 5.74) is 2.40. The first-order chi connectivity index (χ1) is 11.2. The van der Waals surface area contributed by atoms with Crippen molar-refractivity contribution >= 4 is 19.8 Å². The molecule has 0 bridgehead atoms. The lowest BCUT2D eigenvalue weighted by Gasteiger charge is -2.28. The third kappa shape index (κ3) is 5.25. The third-order valence-corrected chi connectivity index (χ3v) is 7.09. The van der Waals surface area contributed by atoms with E-state index in [2.05, 4.69) is 40.9 Å². The molecule has 0 amide bonds. The van der Waals surface area contributed by atoms with E-state index in [1.807, 2.05) is 20.8 Å². The molecule has 2 aromatic rings. The maximum absolute atomic E-state index is 5.91. The molecule has 0 aliphatic heterocycles. The van der Waals surface area contributed by atoms with Gasteiger partial charge in [0.2, 0.25) is 0 Å². The Balaban J connectivity index is 0.00000288. The molecule has 1 N–H and O–H groups in total. The Hall–Kier alpha value is -0.483. The summed E-state index contributed by atoms with van der Waals surface area (Å²) in [5.74, 6) is 1.22. The number of aryl methyl sites for hydroxylation is 2. The number of para-hydroxylation sites is 2. The van der Waals surface area contributed by atoms with Gasteiger partial charge in [-0.05, 0) is 39.3 Å². The summed E-state index contributed by atoms with van der Waals surface area (Å²) in [6.45, 7) is 7.89. The van der Waals surface area contributed by atoms with Crippen LogP contribution < -0.4 is 28.5 Å². The minimum absolute atomic E-state index is 0. The zero-order valence-corrected chi connectivity index (χ0v) is 18.3. The highest BCUT2D eigenvalue weighted by atomic mass is 127. The van der Waals surface area contributed by atoms with Crippen molar-refractivity contribution in [2.24, 2.45) is 7.05 Å². The van der Waals surface area contributed by atoms with Crippen molar-refractivity contribution in [3.05, 3.63) is 30.1 Å². The SMILES string of the molecule is CCO[Si](CCCc1[nH]c2ccccc2[n+]1C)(OCC)OCC.[I-]. The van der Waals surface area contributed by atoms with Crippen LogP contribution >= 0.6 is 0 Å². The van der Waals surface area contributed by atoms with Gasteiger partial charge in [-0.25, -0.2) is 9.55 Å². The molecule has 1 aromatic carbocycles. The molecule has 1 aromatic heterocycles. The highest BCUT2D eigenvalue weighted by Gasteiger charge is 2.39. The Bertz CT molecular complexity index is 604. The standard InChI is InChI=1S/C17H28N2O3Si.HI/c1-5-20-23(21-6-2,22-7-3)14-10-13-17-18-15-11-8-9-12-16(15)19(17)4;/h8-9,11-12H,5-7,10,13-14H2,1-4H3;1H. The van der Waals surface area contributed by atoms with Gasteiger partial charge in [-0.2, -0.15) is 0 Å². The molecule has 5 nitrogen and oxygen atoms in total. The summed E-state index contributed by atoms with van der Waals surface area (Å²) in [6, 6.07) is 9.21. The molecule has 2 rings (SSSR count). The van der Waals surface area contributed by atoms with E-state index in [1.165, 1.54) is 16.9 Å². The Labute approximate surface area is 163 Å². The van der Waals surface area contributed by atoms with Gasteiger partial charge in [-0.3, -0.25) is 0 Å². The molecule has 0 saturated heterocycles. The van der Waals surface area contributed by atoms with Crippen LogP contribution in [0.5, 0.6) is 0 Å². The average molecular weight is 464 g/mol. The number of hydrogen-bond acceptors (Lipinski definition) is 3. The van der Waals surface area contributed by atoms with Gasteiger partial charge >= 0.3 is 8.80 Å². The van der Waals surface area contributed by atoms with Gasteiger partial charge in [0.15, 0.2) is 11.0 Å². The maximum Gasteiger partial charge on any atom is 0.500 e. The summed E-state index contributed by atoms with van der Waals surface area (Å²) in [5, 5.41) is 0. The molecule has 1 heterocycles. The monoisotopic (exact) mass is 464 g/mol. The van der Waals surface area contributed by atoms with Crippen LogP contribution in [0.2, 0.25) is 6.04 Å². The number of H-pyrrole nitrogens is 1. The lowest BCUT2D eigenvalue weighted by Crippen LogP contribution is -3.00. The van der Waals surface area contributed by atoms with Crippen molar-refractivity contribution in [2.45, 2.75) is 39.7 Å². The smallest absolute Gasteiger partial charge is 0.500 e. The van der Waals surface area contributed by atoms with E-state index in [4.69, 9.17) is 13.3 Å². The highest BCUT2D eigenvalue weighted by molar-refractivity contribution is 6.60. The number of nitrogens with zero attached hydrogens (tertiary/aromatic N) is 1. The number of imidazole rings is 1. The molecule has 0 spiro atoms. The molecule has 7 heteroatoms. The minimum atomic E-state index is -2.53. The van der Waals surface area contributed by atoms with Gasteiger partial charge < -0.3 is 37.3 Å². The second kappa shape index (κ2) is 10.5. The zero-order valence-electron chi connectivity index (χ0n) is 15.1. The van der Waals surface area contributed by atoms with E-state index >= 15 is 0 Å². The third-order valence-electron chi connectivity index (χ3n) is 3.94. The van der Waals surface area contributed by atoms with Crippen molar-refractivity contribution in [1.29, 1.82) is 0 Å². The first kappa shape index (κ1) is 21.6. The summed E-state index contributed by atoms with van der Waals surface area (Å²) >= 11 is 0. The molecule has 0 aliphatic rings. The van der Waals surface area contributed by atoms with Crippen molar-refractivity contribution < 1.29 is 41.8 Å². The first-order valence-corrected chi connectivity index (χ1v) is 10.5. The molecule has 24 heavy (non-hydrogen) atoms. The first-order valence-electron chi connectivity index (χ1n) is 8.53. The summed E-state index contributed by atoms with van der Waals surface area (Å²) in [4.78, 5) is 3.50. The highest BCUT2D eigenvalue weighted by Crippen LogP contribution is 2.19. The maximum atomic E-state index is 5.91. The largest absolute Gasteiger partial charge is 1.00 e. The van der Waals surface area contributed by atoms with Gasteiger partial charge in [0, 0.05) is 32.3 Å². The van der Waals surface area contributed by atoms with Crippen molar-refractivity contribution in [2.75, 3.05) is 19.8 Å². The Morgan fingerprint density at radius 3 is 2.12 bits per heavy atom. The Morgan fingerprint density at radius 2 is 1.58 bits per heavy atom. The number of nitrogens with one attached hydrogen (secondary N) is 1. The van der Waals surface area contributed by atoms with E-state index < -0.39 is 8.80 Å². The number of benzene rings is 1. The summed E-state index contributed by atoms with van der Waals surface area (Å²) in [6.07, 6.45) is 1.93. The van der Waals surface area contributed by atoms with Crippen molar-refractivity contribution in [1.82, 2.24) is 4.98 Å². The van der Waals surface area contributed by atoms with Gasteiger partial charge in [0.05, 0.1) is 7.05 Å². The molecule has 0 atom stereocenters. The molecular weight excluding hydrogens is 435 g/mol. The Kier molecular flexibility index (Phi) is 9.43. The normalized spacial score (nSPS) is 11.7. The number of fused-ring (bicyclic) bond motifs is 1. The fraction of sp³-hybridized carbons (Fsp3) is 0.588. The van der Waals surface area contributed by atoms with Gasteiger partial charge in [0.25, 0.3) is 5.82 Å². The topological polar surface area (TPSA) is 47.4 Å². The fourth-order valence-corrected chi connectivity index (χ4v) is 5.57. The number of aromatic nitrogens is 2. The minimum Gasteiger partial charge on any atom is -1.00 e. The molecule has 0 saturated carbocycles. The number of rotatable bonds is 10. The summed E-state index contributed by atoms with van der Waals surface area (Å²) in [7, 11) is -0.425. The molecule has 0 radical (unpaired) electrons. The summed E-state index contributed by atoms with van der Waals surface area (Å²) < 4.78 is 20.0. The van der Waals surface area contributed by atoms with Gasteiger partial charge in [0.1, 0.15) is 0 Å². The van der Waals surface area contributed by atoms with Gasteiger partial charge in [-0.15, -0.1) is 0 Å². The quantitative estimate of drug-likeness (QED) is 0.306. The number of aromatic amines is 1. The molecule has 0 fully saturated rings. The fourth-order valence-electron chi connectivity index (χ4n) is 2.96. The van der Waals surface area contributed by atoms with Crippen LogP contribution in [0.15, 0.2) is 24.3 Å². The molecule has 136 valence electrons.